The summed E-state index contributed by atoms with van der Waals surface area (Å²) in [5.41, 5.74) is 1.45. The van der Waals surface area contributed by atoms with Gasteiger partial charge in [-0.15, -0.1) is 0 Å². The molecule has 2 aliphatic rings. The molecule has 2 aliphatic heterocycles. The lowest BCUT2D eigenvalue weighted by Crippen LogP contribution is -2.43. The molecule has 2 heterocycles. The van der Waals surface area contributed by atoms with Gasteiger partial charge >= 0.3 is 6.03 Å². The van der Waals surface area contributed by atoms with E-state index in [9.17, 15) is 9.59 Å². The van der Waals surface area contributed by atoms with Crippen LogP contribution in [0.25, 0.3) is 0 Å². The van der Waals surface area contributed by atoms with Gasteiger partial charge in [0.05, 0.1) is 0 Å². The van der Waals surface area contributed by atoms with Crippen LogP contribution in [0.4, 0.5) is 10.5 Å². The molecule has 0 unspecified atom stereocenters. The Morgan fingerprint density at radius 1 is 1.32 bits per heavy atom. The molecule has 136 valence electrons. The Kier molecular flexibility index (Phi) is 5.91. The number of hydrogen-bond donors (Lipinski definition) is 1. The van der Waals surface area contributed by atoms with Gasteiger partial charge in [-0.25, -0.2) is 4.79 Å². The number of hydrogen-bond acceptors (Lipinski definition) is 3. The molecule has 25 heavy (non-hydrogen) atoms. The average molecular weight is 345 g/mol. The predicted molar refractivity (Wildman–Crippen MR) is 97.0 cm³/mol. The summed E-state index contributed by atoms with van der Waals surface area (Å²) in [4.78, 5) is 28.6. The Hall–Kier alpha value is -2.08. The first-order chi connectivity index (χ1) is 12.2. The molecule has 0 saturated carbocycles. The Labute approximate surface area is 149 Å². The summed E-state index contributed by atoms with van der Waals surface area (Å²) in [7, 11) is 1.71. The maximum Gasteiger partial charge on any atom is 0.321 e. The molecule has 6 nitrogen and oxygen atoms in total. The maximum absolute atomic E-state index is 13.1. The molecule has 0 aromatic heterocycles. The number of piperidine rings is 1. The van der Waals surface area contributed by atoms with Gasteiger partial charge in [0, 0.05) is 50.6 Å². The lowest BCUT2D eigenvalue weighted by atomic mass is 9.97. The van der Waals surface area contributed by atoms with Gasteiger partial charge in [0.25, 0.3) is 5.91 Å². The highest BCUT2D eigenvalue weighted by molar-refractivity contribution is 5.98. The van der Waals surface area contributed by atoms with Crippen molar-refractivity contribution >= 4 is 17.6 Å². The number of carbonyl (C=O) groups excluding carboxylic acids is 2. The highest BCUT2D eigenvalue weighted by Crippen LogP contribution is 2.25. The maximum atomic E-state index is 13.1. The number of likely N-dealkylation sites (tertiary alicyclic amines) is 1. The van der Waals surface area contributed by atoms with Crippen molar-refractivity contribution in [1.82, 2.24) is 10.2 Å². The molecule has 6 heteroatoms. The molecular weight excluding hydrogens is 318 g/mol. The molecule has 1 atom stereocenters. The molecule has 1 aromatic carbocycles. The van der Waals surface area contributed by atoms with Gasteiger partial charge in [0.15, 0.2) is 0 Å². The van der Waals surface area contributed by atoms with Crippen LogP contribution < -0.4 is 10.2 Å². The van der Waals surface area contributed by atoms with E-state index < -0.39 is 0 Å². The largest absolute Gasteiger partial charge is 0.385 e. The van der Waals surface area contributed by atoms with Crippen LogP contribution in [-0.2, 0) is 4.74 Å². The van der Waals surface area contributed by atoms with Crippen LogP contribution in [-0.4, -0.2) is 56.2 Å². The first-order valence-corrected chi connectivity index (χ1v) is 9.16. The number of nitrogens with zero attached hydrogens (tertiary/aromatic N) is 2. The second-order valence-electron chi connectivity index (χ2n) is 6.72. The smallest absolute Gasteiger partial charge is 0.321 e. The summed E-state index contributed by atoms with van der Waals surface area (Å²) < 4.78 is 5.15. The summed E-state index contributed by atoms with van der Waals surface area (Å²) in [5.74, 6) is 0.0728. The third-order valence-electron chi connectivity index (χ3n) is 5.04. The highest BCUT2D eigenvalue weighted by Gasteiger charge is 2.28. The first kappa shape index (κ1) is 17.7. The second kappa shape index (κ2) is 8.34. The molecule has 1 aromatic rings. The minimum Gasteiger partial charge on any atom is -0.385 e. The van der Waals surface area contributed by atoms with E-state index in [1.807, 2.05) is 29.2 Å². The van der Waals surface area contributed by atoms with Gasteiger partial charge in [-0.1, -0.05) is 6.07 Å². The third kappa shape index (κ3) is 4.12. The van der Waals surface area contributed by atoms with Crippen molar-refractivity contribution in [2.24, 2.45) is 0 Å². The Morgan fingerprint density at radius 3 is 2.96 bits per heavy atom. The van der Waals surface area contributed by atoms with Crippen molar-refractivity contribution in [2.45, 2.75) is 38.1 Å². The minimum atomic E-state index is -0.0972. The molecule has 1 N–H and O–H groups in total. The average Bonchev–Trinajstić information content (AvgIpc) is 3.08. The van der Waals surface area contributed by atoms with Crippen LogP contribution in [0, 0.1) is 0 Å². The van der Waals surface area contributed by atoms with Crippen molar-refractivity contribution in [3.05, 3.63) is 29.8 Å². The zero-order valence-corrected chi connectivity index (χ0v) is 14.9. The standard InChI is InChI=1S/C19H27N3O3/c1-25-13-5-9-16-7-2-3-11-21(16)18(23)15-6-4-8-17(14-15)22-12-10-20-19(22)24/h4,6,8,14,16H,2-3,5,7,9-13H2,1H3,(H,20,24)/t16-/m0/s1. The number of methoxy groups -OCH3 is 1. The molecule has 0 spiro atoms. The van der Waals surface area contributed by atoms with E-state index in [-0.39, 0.29) is 18.0 Å². The lowest BCUT2D eigenvalue weighted by molar-refractivity contribution is 0.0585. The summed E-state index contributed by atoms with van der Waals surface area (Å²) >= 11 is 0. The number of nitrogens with one attached hydrogen (secondary N) is 1. The van der Waals surface area contributed by atoms with Gasteiger partial charge in [0.1, 0.15) is 0 Å². The van der Waals surface area contributed by atoms with Crippen LogP contribution in [0.15, 0.2) is 24.3 Å². The molecular formula is C19H27N3O3. The first-order valence-electron chi connectivity index (χ1n) is 9.16. The van der Waals surface area contributed by atoms with Crippen molar-refractivity contribution < 1.29 is 14.3 Å². The number of carbonyl (C=O) groups is 2. The van der Waals surface area contributed by atoms with E-state index in [4.69, 9.17) is 4.74 Å². The van der Waals surface area contributed by atoms with E-state index in [0.717, 1.165) is 44.5 Å². The zero-order valence-electron chi connectivity index (χ0n) is 14.9. The zero-order chi connectivity index (χ0) is 17.6. The van der Waals surface area contributed by atoms with Crippen molar-refractivity contribution in [3.63, 3.8) is 0 Å². The van der Waals surface area contributed by atoms with Crippen molar-refractivity contribution in [3.8, 4) is 0 Å². The molecule has 2 fully saturated rings. The Bertz CT molecular complexity index is 620. The van der Waals surface area contributed by atoms with E-state index in [1.54, 1.807) is 12.0 Å². The number of amides is 3. The molecule has 0 bridgehead atoms. The Balaban J connectivity index is 1.73. The molecule has 3 rings (SSSR count). The monoisotopic (exact) mass is 345 g/mol. The van der Waals surface area contributed by atoms with Crippen molar-refractivity contribution in [1.29, 1.82) is 0 Å². The van der Waals surface area contributed by atoms with Gasteiger partial charge in [-0.2, -0.15) is 0 Å². The number of urea groups is 1. The van der Waals surface area contributed by atoms with Crippen LogP contribution in [0.3, 0.4) is 0 Å². The van der Waals surface area contributed by atoms with E-state index in [1.165, 1.54) is 6.42 Å². The molecule has 0 radical (unpaired) electrons. The van der Waals surface area contributed by atoms with Crippen LogP contribution in [0.5, 0.6) is 0 Å². The fourth-order valence-electron chi connectivity index (χ4n) is 3.72. The van der Waals surface area contributed by atoms with Gasteiger partial charge in [-0.05, 0) is 50.3 Å². The second-order valence-corrected chi connectivity index (χ2v) is 6.72. The highest BCUT2D eigenvalue weighted by atomic mass is 16.5. The SMILES string of the molecule is COCCC[C@@H]1CCCCN1C(=O)c1cccc(N2CCNC2=O)c1. The van der Waals surface area contributed by atoms with Gasteiger partial charge in [-0.3, -0.25) is 9.69 Å². The normalized spacial score (nSPS) is 20.7. The van der Waals surface area contributed by atoms with Gasteiger partial charge in [0.2, 0.25) is 0 Å². The summed E-state index contributed by atoms with van der Waals surface area (Å²) in [5, 5.41) is 2.80. The molecule has 0 aliphatic carbocycles. The number of rotatable bonds is 6. The number of anilines is 1. The summed E-state index contributed by atoms with van der Waals surface area (Å²) in [6.07, 6.45) is 5.24. The molecule has 2 saturated heterocycles. The number of ether oxygens (including phenoxy) is 1. The van der Waals surface area contributed by atoms with Crippen LogP contribution in [0.2, 0.25) is 0 Å². The fraction of sp³-hybridized carbons (Fsp3) is 0.579. The fourth-order valence-corrected chi connectivity index (χ4v) is 3.72. The van der Waals surface area contributed by atoms with E-state index in [0.29, 0.717) is 18.7 Å². The van der Waals surface area contributed by atoms with Crippen molar-refractivity contribution in [2.75, 3.05) is 38.3 Å². The summed E-state index contributed by atoms with van der Waals surface area (Å²) in [6.45, 7) is 2.83. The number of benzene rings is 1. The quantitative estimate of drug-likeness (QED) is 0.806. The minimum absolute atomic E-state index is 0.0728. The predicted octanol–water partition coefficient (Wildman–Crippen LogP) is 2.64. The van der Waals surface area contributed by atoms with E-state index >= 15 is 0 Å². The van der Waals surface area contributed by atoms with Crippen LogP contribution >= 0.6 is 0 Å². The third-order valence-corrected chi connectivity index (χ3v) is 5.04. The molecule has 3 amide bonds. The van der Waals surface area contributed by atoms with Crippen LogP contribution in [0.1, 0.15) is 42.5 Å². The van der Waals surface area contributed by atoms with E-state index in [2.05, 4.69) is 5.32 Å². The Morgan fingerprint density at radius 2 is 2.20 bits per heavy atom. The topological polar surface area (TPSA) is 61.9 Å². The lowest BCUT2D eigenvalue weighted by Gasteiger charge is -2.36. The summed E-state index contributed by atoms with van der Waals surface area (Å²) in [6, 6.07) is 7.62. The van der Waals surface area contributed by atoms with Gasteiger partial charge < -0.3 is 15.0 Å².